The molecule has 0 atom stereocenters. The van der Waals surface area contributed by atoms with E-state index in [0.29, 0.717) is 0 Å². The van der Waals surface area contributed by atoms with Crippen LogP contribution in [0.5, 0.6) is 11.5 Å². The Hall–Kier alpha value is -2.48. The van der Waals surface area contributed by atoms with Gasteiger partial charge in [0.05, 0.1) is 0 Å². The van der Waals surface area contributed by atoms with E-state index in [0.717, 1.165) is 17.5 Å². The van der Waals surface area contributed by atoms with Crippen molar-refractivity contribution >= 4 is 11.1 Å². The molecule has 0 bridgehead atoms. The summed E-state index contributed by atoms with van der Waals surface area (Å²) in [6.45, 7) is 0. The Bertz CT molecular complexity index is 587. The van der Waals surface area contributed by atoms with Gasteiger partial charge in [0.2, 0.25) is 0 Å². The van der Waals surface area contributed by atoms with E-state index in [2.05, 4.69) is 12.2 Å². The quantitative estimate of drug-likeness (QED) is 0.846. The first kappa shape index (κ1) is 11.6. The van der Waals surface area contributed by atoms with Gasteiger partial charge < -0.3 is 10.2 Å². The van der Waals surface area contributed by atoms with Gasteiger partial charge in [-0.3, -0.25) is 0 Å². The molecule has 0 heterocycles. The van der Waals surface area contributed by atoms with Gasteiger partial charge in [-0.1, -0.05) is 36.4 Å². The standard InChI is InChI=1S/C17H14O2/c18-16-7-3-12(4-8-16)14-1-2-15(11-14)13-5-9-17(19)10-6-13/h1-10,18-19H,11H2. The van der Waals surface area contributed by atoms with E-state index in [4.69, 9.17) is 0 Å². The first-order chi connectivity index (χ1) is 9.22. The molecule has 19 heavy (non-hydrogen) atoms. The number of allylic oxidation sites excluding steroid dienone is 4. The molecule has 2 aromatic carbocycles. The molecule has 0 aliphatic heterocycles. The lowest BCUT2D eigenvalue weighted by Crippen LogP contribution is -1.84. The molecule has 0 spiro atoms. The molecule has 3 rings (SSSR count). The van der Waals surface area contributed by atoms with Crippen LogP contribution in [0, 0.1) is 0 Å². The maximum atomic E-state index is 9.30. The number of rotatable bonds is 2. The van der Waals surface area contributed by atoms with E-state index in [9.17, 15) is 10.2 Å². The number of phenols is 2. The zero-order valence-electron chi connectivity index (χ0n) is 10.4. The lowest BCUT2D eigenvalue weighted by Gasteiger charge is -2.06. The van der Waals surface area contributed by atoms with Crippen molar-refractivity contribution < 1.29 is 10.2 Å². The molecule has 2 aromatic rings. The van der Waals surface area contributed by atoms with Gasteiger partial charge in [0, 0.05) is 0 Å². The lowest BCUT2D eigenvalue weighted by molar-refractivity contribution is 0.474. The zero-order chi connectivity index (χ0) is 13.2. The Kier molecular flexibility index (Phi) is 2.84. The molecule has 2 N–H and O–H groups in total. The Morgan fingerprint density at radius 2 is 0.947 bits per heavy atom. The van der Waals surface area contributed by atoms with Crippen molar-refractivity contribution in [3.8, 4) is 11.5 Å². The Morgan fingerprint density at radius 3 is 1.32 bits per heavy atom. The first-order valence-electron chi connectivity index (χ1n) is 6.21. The van der Waals surface area contributed by atoms with Crippen molar-refractivity contribution in [3.63, 3.8) is 0 Å². The summed E-state index contributed by atoms with van der Waals surface area (Å²) in [5.74, 6) is 0.572. The van der Waals surface area contributed by atoms with Crippen LogP contribution in [0.3, 0.4) is 0 Å². The average Bonchev–Trinajstić information content (AvgIpc) is 2.90. The monoisotopic (exact) mass is 250 g/mol. The van der Waals surface area contributed by atoms with Gasteiger partial charge in [-0.2, -0.15) is 0 Å². The summed E-state index contributed by atoms with van der Waals surface area (Å²) in [6, 6.07) is 14.5. The van der Waals surface area contributed by atoms with Crippen LogP contribution in [0.2, 0.25) is 0 Å². The van der Waals surface area contributed by atoms with Crippen LogP contribution in [0.25, 0.3) is 11.1 Å². The molecule has 94 valence electrons. The Morgan fingerprint density at radius 1 is 0.579 bits per heavy atom. The van der Waals surface area contributed by atoms with E-state index in [1.165, 1.54) is 11.1 Å². The molecule has 0 fully saturated rings. The SMILES string of the molecule is Oc1ccc(C2=CC=C(c3ccc(O)cc3)C2)cc1. The second-order valence-corrected chi connectivity index (χ2v) is 4.65. The van der Waals surface area contributed by atoms with E-state index < -0.39 is 0 Å². The van der Waals surface area contributed by atoms with E-state index in [1.807, 2.05) is 24.3 Å². The fourth-order valence-electron chi connectivity index (χ4n) is 2.27. The Labute approximate surface area is 112 Å². The molecule has 0 radical (unpaired) electrons. The maximum absolute atomic E-state index is 9.30. The summed E-state index contributed by atoms with van der Waals surface area (Å²) < 4.78 is 0. The number of hydrogen-bond donors (Lipinski definition) is 2. The first-order valence-corrected chi connectivity index (χ1v) is 6.21. The van der Waals surface area contributed by atoms with Crippen molar-refractivity contribution in [2.75, 3.05) is 0 Å². The average molecular weight is 250 g/mol. The third kappa shape index (κ3) is 2.38. The van der Waals surface area contributed by atoms with Crippen LogP contribution in [-0.2, 0) is 0 Å². The second kappa shape index (κ2) is 4.65. The predicted molar refractivity (Wildman–Crippen MR) is 76.8 cm³/mol. The molecular formula is C17H14O2. The highest BCUT2D eigenvalue weighted by molar-refractivity contribution is 5.86. The summed E-state index contributed by atoms with van der Waals surface area (Å²) in [5, 5.41) is 18.6. The van der Waals surface area contributed by atoms with Crippen molar-refractivity contribution in [3.05, 3.63) is 71.8 Å². The van der Waals surface area contributed by atoms with E-state index in [1.54, 1.807) is 24.3 Å². The largest absolute Gasteiger partial charge is 0.508 e. The van der Waals surface area contributed by atoms with Crippen molar-refractivity contribution in [1.29, 1.82) is 0 Å². The van der Waals surface area contributed by atoms with Crippen LogP contribution >= 0.6 is 0 Å². The molecule has 0 saturated heterocycles. The number of phenolic OH excluding ortho intramolecular Hbond substituents is 2. The molecule has 0 saturated carbocycles. The van der Waals surface area contributed by atoms with Crippen molar-refractivity contribution in [2.24, 2.45) is 0 Å². The predicted octanol–water partition coefficient (Wildman–Crippen LogP) is 3.97. The van der Waals surface area contributed by atoms with Crippen LogP contribution in [-0.4, -0.2) is 10.2 Å². The molecule has 1 aliphatic carbocycles. The van der Waals surface area contributed by atoms with E-state index in [-0.39, 0.29) is 11.5 Å². The molecule has 2 nitrogen and oxygen atoms in total. The maximum Gasteiger partial charge on any atom is 0.115 e. The highest BCUT2D eigenvalue weighted by Crippen LogP contribution is 2.34. The number of benzene rings is 2. The van der Waals surface area contributed by atoms with Gasteiger partial charge in [0.1, 0.15) is 11.5 Å². The fourth-order valence-corrected chi connectivity index (χ4v) is 2.27. The van der Waals surface area contributed by atoms with Gasteiger partial charge >= 0.3 is 0 Å². The molecule has 0 amide bonds. The van der Waals surface area contributed by atoms with Crippen molar-refractivity contribution in [1.82, 2.24) is 0 Å². The third-order valence-electron chi connectivity index (χ3n) is 3.34. The summed E-state index contributed by atoms with van der Waals surface area (Å²) >= 11 is 0. The van der Waals surface area contributed by atoms with Crippen LogP contribution < -0.4 is 0 Å². The molecule has 0 unspecified atom stereocenters. The molecule has 0 aromatic heterocycles. The van der Waals surface area contributed by atoms with Gasteiger partial charge in [-0.25, -0.2) is 0 Å². The highest BCUT2D eigenvalue weighted by Gasteiger charge is 2.11. The summed E-state index contributed by atoms with van der Waals surface area (Å²) in [6.07, 6.45) is 5.08. The van der Waals surface area contributed by atoms with Crippen LogP contribution in [0.4, 0.5) is 0 Å². The molecule has 1 aliphatic rings. The van der Waals surface area contributed by atoms with Gasteiger partial charge in [-0.15, -0.1) is 0 Å². The number of hydrogen-bond acceptors (Lipinski definition) is 2. The summed E-state index contributed by atoms with van der Waals surface area (Å²) in [5.41, 5.74) is 4.73. The third-order valence-corrected chi connectivity index (χ3v) is 3.34. The van der Waals surface area contributed by atoms with Crippen LogP contribution in [0.15, 0.2) is 60.7 Å². The minimum Gasteiger partial charge on any atom is -0.508 e. The van der Waals surface area contributed by atoms with Gasteiger partial charge in [0.25, 0.3) is 0 Å². The normalized spacial score (nSPS) is 14.1. The zero-order valence-corrected chi connectivity index (χ0v) is 10.4. The van der Waals surface area contributed by atoms with Crippen molar-refractivity contribution in [2.45, 2.75) is 6.42 Å². The Balaban J connectivity index is 1.78. The fraction of sp³-hybridized carbons (Fsp3) is 0.0588. The minimum atomic E-state index is 0.286. The van der Waals surface area contributed by atoms with E-state index >= 15 is 0 Å². The summed E-state index contributed by atoms with van der Waals surface area (Å²) in [7, 11) is 0. The summed E-state index contributed by atoms with van der Waals surface area (Å²) in [4.78, 5) is 0. The molecule has 2 heteroatoms. The lowest BCUT2D eigenvalue weighted by atomic mass is 9.99. The van der Waals surface area contributed by atoms with Gasteiger partial charge in [0.15, 0.2) is 0 Å². The van der Waals surface area contributed by atoms with Crippen LogP contribution in [0.1, 0.15) is 17.5 Å². The topological polar surface area (TPSA) is 40.5 Å². The number of aromatic hydroxyl groups is 2. The minimum absolute atomic E-state index is 0.286. The smallest absolute Gasteiger partial charge is 0.115 e. The van der Waals surface area contributed by atoms with Gasteiger partial charge in [-0.05, 0) is 53.0 Å². The second-order valence-electron chi connectivity index (χ2n) is 4.65. The molecular weight excluding hydrogens is 236 g/mol. The highest BCUT2D eigenvalue weighted by atomic mass is 16.3.